The molecule has 0 aliphatic heterocycles. The molecule has 0 bridgehead atoms. The molecule has 5 nitrogen and oxygen atoms in total. The van der Waals surface area contributed by atoms with Gasteiger partial charge in [0.1, 0.15) is 11.6 Å². The number of thioether (sulfide) groups is 1. The minimum absolute atomic E-state index is 0. The third-order valence-corrected chi connectivity index (χ3v) is 3.85. The molecule has 23 heavy (non-hydrogen) atoms. The molecule has 0 unspecified atom stereocenters. The highest BCUT2D eigenvalue weighted by Gasteiger charge is 2.31. The number of halogens is 4. The van der Waals surface area contributed by atoms with Crippen molar-refractivity contribution in [2.75, 3.05) is 7.05 Å². The SMILES string of the molecule is CNCc1nnc(SCc2cccc(OC(F)(F)F)c2)n1C.Cl. The number of nitrogens with one attached hydrogen (secondary N) is 1. The summed E-state index contributed by atoms with van der Waals surface area (Å²) in [5.74, 6) is 1.04. The van der Waals surface area contributed by atoms with Gasteiger partial charge in [0.15, 0.2) is 5.16 Å². The Morgan fingerprint density at radius 2 is 2.04 bits per heavy atom. The van der Waals surface area contributed by atoms with Crippen LogP contribution in [0.25, 0.3) is 0 Å². The van der Waals surface area contributed by atoms with Gasteiger partial charge in [-0.1, -0.05) is 23.9 Å². The Morgan fingerprint density at radius 1 is 1.30 bits per heavy atom. The van der Waals surface area contributed by atoms with E-state index < -0.39 is 6.36 Å². The molecule has 0 saturated carbocycles. The van der Waals surface area contributed by atoms with Gasteiger partial charge in [-0.2, -0.15) is 0 Å². The summed E-state index contributed by atoms with van der Waals surface area (Å²) in [6.07, 6.45) is -4.68. The van der Waals surface area contributed by atoms with E-state index in [4.69, 9.17) is 0 Å². The lowest BCUT2D eigenvalue weighted by molar-refractivity contribution is -0.274. The molecule has 0 amide bonds. The molecule has 1 N–H and O–H groups in total. The zero-order chi connectivity index (χ0) is 16.2. The van der Waals surface area contributed by atoms with Crippen molar-refractivity contribution in [1.29, 1.82) is 0 Å². The first-order chi connectivity index (χ1) is 10.4. The average Bonchev–Trinajstić information content (AvgIpc) is 2.77. The van der Waals surface area contributed by atoms with Crippen molar-refractivity contribution in [3.63, 3.8) is 0 Å². The molecule has 0 aliphatic rings. The Hall–Kier alpha value is -1.45. The van der Waals surface area contributed by atoms with E-state index in [1.807, 2.05) is 18.7 Å². The predicted octanol–water partition coefficient (Wildman–Crippen LogP) is 3.15. The van der Waals surface area contributed by atoms with Crippen molar-refractivity contribution in [3.05, 3.63) is 35.7 Å². The number of nitrogens with zero attached hydrogens (tertiary/aromatic N) is 3. The van der Waals surface area contributed by atoms with Crippen LogP contribution in [-0.4, -0.2) is 28.2 Å². The van der Waals surface area contributed by atoms with Gasteiger partial charge in [0, 0.05) is 12.8 Å². The summed E-state index contributed by atoms with van der Waals surface area (Å²) in [6.45, 7) is 0.596. The second-order valence-corrected chi connectivity index (χ2v) is 5.41. The molecule has 2 aromatic rings. The van der Waals surface area contributed by atoms with Crippen LogP contribution in [0.4, 0.5) is 13.2 Å². The van der Waals surface area contributed by atoms with Crippen molar-refractivity contribution in [3.8, 4) is 5.75 Å². The molecule has 0 spiro atoms. The van der Waals surface area contributed by atoms with E-state index in [0.29, 0.717) is 23.0 Å². The number of ether oxygens (including phenoxy) is 1. The zero-order valence-corrected chi connectivity index (χ0v) is 14.1. The van der Waals surface area contributed by atoms with Crippen molar-refractivity contribution < 1.29 is 17.9 Å². The summed E-state index contributed by atoms with van der Waals surface area (Å²) in [4.78, 5) is 0. The molecule has 0 radical (unpaired) electrons. The quantitative estimate of drug-likeness (QED) is 0.794. The van der Waals surface area contributed by atoms with Gasteiger partial charge in [-0.15, -0.1) is 35.8 Å². The third kappa shape index (κ3) is 5.92. The fraction of sp³-hybridized carbons (Fsp3) is 0.385. The lowest BCUT2D eigenvalue weighted by Gasteiger charge is -2.10. The van der Waals surface area contributed by atoms with Gasteiger partial charge in [-0.3, -0.25) is 0 Å². The first kappa shape index (κ1) is 19.6. The molecule has 10 heteroatoms. The van der Waals surface area contributed by atoms with Gasteiger partial charge in [0.05, 0.1) is 6.54 Å². The molecule has 1 aromatic carbocycles. The van der Waals surface area contributed by atoms with E-state index in [1.165, 1.54) is 30.0 Å². The van der Waals surface area contributed by atoms with Crippen LogP contribution in [0.15, 0.2) is 29.4 Å². The number of rotatable bonds is 6. The summed E-state index contributed by atoms with van der Waals surface area (Å²) in [7, 11) is 3.66. The van der Waals surface area contributed by atoms with Gasteiger partial charge < -0.3 is 14.6 Å². The van der Waals surface area contributed by atoms with Gasteiger partial charge >= 0.3 is 6.36 Å². The minimum Gasteiger partial charge on any atom is -0.406 e. The molecule has 0 atom stereocenters. The molecule has 1 heterocycles. The van der Waals surface area contributed by atoms with E-state index in [-0.39, 0.29) is 18.2 Å². The Bertz CT molecular complexity index is 636. The van der Waals surface area contributed by atoms with Gasteiger partial charge in [-0.25, -0.2) is 0 Å². The summed E-state index contributed by atoms with van der Waals surface area (Å²) in [5.41, 5.74) is 0.713. The molecule has 2 rings (SSSR count). The van der Waals surface area contributed by atoms with Crippen LogP contribution in [0, 0.1) is 0 Å². The van der Waals surface area contributed by atoms with E-state index in [1.54, 1.807) is 6.07 Å². The lowest BCUT2D eigenvalue weighted by Crippen LogP contribution is -2.17. The van der Waals surface area contributed by atoms with Gasteiger partial charge in [-0.05, 0) is 24.7 Å². The van der Waals surface area contributed by atoms with E-state index in [0.717, 1.165) is 5.82 Å². The number of hydrogen-bond acceptors (Lipinski definition) is 5. The number of aromatic nitrogens is 3. The molecule has 128 valence electrons. The smallest absolute Gasteiger partial charge is 0.406 e. The maximum Gasteiger partial charge on any atom is 0.573 e. The number of hydrogen-bond donors (Lipinski definition) is 1. The summed E-state index contributed by atoms with van der Waals surface area (Å²) in [6, 6.07) is 5.90. The van der Waals surface area contributed by atoms with E-state index >= 15 is 0 Å². The molecular weight excluding hydrogens is 353 g/mol. The van der Waals surface area contributed by atoms with Crippen LogP contribution in [0.2, 0.25) is 0 Å². The van der Waals surface area contributed by atoms with Crippen LogP contribution < -0.4 is 10.1 Å². The Morgan fingerprint density at radius 3 is 2.70 bits per heavy atom. The summed E-state index contributed by atoms with van der Waals surface area (Å²) >= 11 is 1.40. The molecule has 0 aliphatic carbocycles. The topological polar surface area (TPSA) is 52.0 Å². The summed E-state index contributed by atoms with van der Waals surface area (Å²) in [5, 5.41) is 11.8. The average molecular weight is 369 g/mol. The fourth-order valence-corrected chi connectivity index (χ4v) is 2.64. The predicted molar refractivity (Wildman–Crippen MR) is 83.7 cm³/mol. The third-order valence-electron chi connectivity index (χ3n) is 2.76. The van der Waals surface area contributed by atoms with Crippen molar-refractivity contribution in [2.24, 2.45) is 7.05 Å². The second kappa shape index (κ2) is 8.42. The van der Waals surface area contributed by atoms with Crippen molar-refractivity contribution >= 4 is 24.2 Å². The lowest BCUT2D eigenvalue weighted by atomic mass is 10.2. The van der Waals surface area contributed by atoms with Crippen LogP contribution in [0.5, 0.6) is 5.75 Å². The highest BCUT2D eigenvalue weighted by molar-refractivity contribution is 7.98. The van der Waals surface area contributed by atoms with Gasteiger partial charge in [0.25, 0.3) is 0 Å². The number of benzene rings is 1. The second-order valence-electron chi connectivity index (χ2n) is 4.47. The zero-order valence-electron chi connectivity index (χ0n) is 12.4. The fourth-order valence-electron chi connectivity index (χ4n) is 1.76. The molecule has 0 saturated heterocycles. The van der Waals surface area contributed by atoms with Gasteiger partial charge in [0.2, 0.25) is 0 Å². The van der Waals surface area contributed by atoms with Crippen molar-refractivity contribution in [2.45, 2.75) is 23.8 Å². The first-order valence-corrected chi connectivity index (χ1v) is 7.38. The highest BCUT2D eigenvalue weighted by atomic mass is 35.5. The Balaban J connectivity index is 0.00000264. The molecule has 0 fully saturated rings. The normalized spacial score (nSPS) is 11.2. The van der Waals surface area contributed by atoms with Crippen LogP contribution in [0.1, 0.15) is 11.4 Å². The maximum atomic E-state index is 12.2. The van der Waals surface area contributed by atoms with E-state index in [9.17, 15) is 13.2 Å². The first-order valence-electron chi connectivity index (χ1n) is 6.39. The Labute approximate surface area is 142 Å². The maximum absolute atomic E-state index is 12.2. The Kier molecular flexibility index (Phi) is 7.17. The monoisotopic (exact) mass is 368 g/mol. The molecular formula is C13H16ClF3N4OS. The van der Waals surface area contributed by atoms with E-state index in [2.05, 4.69) is 20.3 Å². The summed E-state index contributed by atoms with van der Waals surface area (Å²) < 4.78 is 42.3. The van der Waals surface area contributed by atoms with Crippen LogP contribution in [0.3, 0.4) is 0 Å². The largest absolute Gasteiger partial charge is 0.573 e. The van der Waals surface area contributed by atoms with Crippen molar-refractivity contribution in [1.82, 2.24) is 20.1 Å². The standard InChI is InChI=1S/C13H15F3N4OS.ClH/c1-17-7-11-18-19-12(20(11)2)22-8-9-4-3-5-10(6-9)21-13(14,15)16;/h3-6,17H,7-8H2,1-2H3;1H. The highest BCUT2D eigenvalue weighted by Crippen LogP contribution is 2.26. The minimum atomic E-state index is -4.68. The van der Waals surface area contributed by atoms with Crippen LogP contribution in [-0.2, 0) is 19.3 Å². The number of alkyl halides is 3. The molecule has 1 aromatic heterocycles. The van der Waals surface area contributed by atoms with Crippen LogP contribution >= 0.6 is 24.2 Å².